The van der Waals surface area contributed by atoms with Gasteiger partial charge in [-0.15, -0.1) is 6.42 Å². The Labute approximate surface area is 81.5 Å². The number of carbonyl (C=O) groups excluding carboxylic acids is 1. The number of rotatable bonds is 2. The van der Waals surface area contributed by atoms with Gasteiger partial charge < -0.3 is 10.3 Å². The summed E-state index contributed by atoms with van der Waals surface area (Å²) in [6, 6.07) is 1.26. The number of hydrogen-bond acceptors (Lipinski definition) is 1. The van der Waals surface area contributed by atoms with Gasteiger partial charge in [-0.1, -0.05) is 17.5 Å². The summed E-state index contributed by atoms with van der Waals surface area (Å²) >= 11 is 5.62. The summed E-state index contributed by atoms with van der Waals surface area (Å²) in [7, 11) is 0. The molecule has 0 spiro atoms. The molecule has 1 amide bonds. The molecule has 1 aromatic rings. The van der Waals surface area contributed by atoms with E-state index in [9.17, 15) is 4.79 Å². The molecule has 2 N–H and O–H groups in total. The van der Waals surface area contributed by atoms with Crippen LogP contribution in [0.4, 0.5) is 0 Å². The summed E-state index contributed by atoms with van der Waals surface area (Å²) in [5, 5.41) is 3.09. The molecule has 0 radical (unpaired) electrons. The third-order valence-corrected chi connectivity index (χ3v) is 1.71. The first-order chi connectivity index (χ1) is 6.13. The van der Waals surface area contributed by atoms with Gasteiger partial charge in [-0.25, -0.2) is 0 Å². The van der Waals surface area contributed by atoms with Crippen LogP contribution in [0.25, 0.3) is 0 Å². The molecule has 0 saturated heterocycles. The van der Waals surface area contributed by atoms with Crippen molar-refractivity contribution >= 4 is 17.5 Å². The first-order valence-electron chi connectivity index (χ1n) is 3.74. The number of aromatic nitrogens is 1. The number of halogens is 1. The number of amides is 1. The molecule has 0 aliphatic carbocycles. The molecule has 1 heterocycles. The van der Waals surface area contributed by atoms with Gasteiger partial charge in [0.25, 0.3) is 5.91 Å². The van der Waals surface area contributed by atoms with Gasteiger partial charge in [-0.2, -0.15) is 0 Å². The molecule has 1 atom stereocenters. The number of nitrogens with one attached hydrogen (secondary N) is 2. The van der Waals surface area contributed by atoms with Crippen molar-refractivity contribution in [3.63, 3.8) is 0 Å². The van der Waals surface area contributed by atoms with E-state index in [1.165, 1.54) is 6.20 Å². The molecule has 0 aliphatic rings. The second-order valence-corrected chi connectivity index (χ2v) is 3.03. The van der Waals surface area contributed by atoms with Crippen LogP contribution in [0.3, 0.4) is 0 Å². The molecule has 4 heteroatoms. The van der Waals surface area contributed by atoms with E-state index in [2.05, 4.69) is 16.2 Å². The lowest BCUT2D eigenvalue weighted by atomic mass is 10.3. The molecule has 0 aromatic carbocycles. The number of aromatic amines is 1. The van der Waals surface area contributed by atoms with Gasteiger partial charge in [0.05, 0.1) is 11.1 Å². The quantitative estimate of drug-likeness (QED) is 0.691. The highest BCUT2D eigenvalue weighted by atomic mass is 35.5. The first-order valence-corrected chi connectivity index (χ1v) is 4.12. The monoisotopic (exact) mass is 196 g/mol. The average Bonchev–Trinajstić information content (AvgIpc) is 2.51. The maximum atomic E-state index is 11.3. The van der Waals surface area contributed by atoms with Crippen LogP contribution in [-0.4, -0.2) is 16.9 Å². The zero-order chi connectivity index (χ0) is 9.84. The van der Waals surface area contributed by atoms with E-state index in [0.717, 1.165) is 0 Å². The second-order valence-electron chi connectivity index (χ2n) is 2.59. The summed E-state index contributed by atoms with van der Waals surface area (Å²) in [5.41, 5.74) is 0.409. The molecule has 0 saturated carbocycles. The van der Waals surface area contributed by atoms with Crippen LogP contribution >= 0.6 is 11.6 Å². The molecule has 1 aromatic heterocycles. The number of H-pyrrole nitrogens is 1. The van der Waals surface area contributed by atoms with Crippen molar-refractivity contribution in [2.45, 2.75) is 13.0 Å². The van der Waals surface area contributed by atoms with Crippen molar-refractivity contribution in [3.05, 3.63) is 23.0 Å². The van der Waals surface area contributed by atoms with E-state index in [-0.39, 0.29) is 11.9 Å². The summed E-state index contributed by atoms with van der Waals surface area (Å²) in [6.07, 6.45) is 6.64. The molecule has 3 nitrogen and oxygen atoms in total. The fourth-order valence-corrected chi connectivity index (χ4v) is 0.979. The third kappa shape index (κ3) is 2.53. The fraction of sp³-hybridized carbons (Fsp3) is 0.222. The Morgan fingerprint density at radius 2 is 2.54 bits per heavy atom. The second kappa shape index (κ2) is 4.01. The average molecular weight is 197 g/mol. The van der Waals surface area contributed by atoms with Crippen LogP contribution in [0.1, 0.15) is 17.4 Å². The molecular formula is C9H9ClN2O. The summed E-state index contributed by atoms with van der Waals surface area (Å²) in [4.78, 5) is 14.1. The van der Waals surface area contributed by atoms with Crippen LogP contribution in [0.2, 0.25) is 5.02 Å². The zero-order valence-corrected chi connectivity index (χ0v) is 7.85. The maximum absolute atomic E-state index is 11.3. The lowest BCUT2D eigenvalue weighted by Gasteiger charge is -2.05. The van der Waals surface area contributed by atoms with Gasteiger partial charge in [0.15, 0.2) is 0 Å². The third-order valence-electron chi connectivity index (χ3n) is 1.49. The lowest BCUT2D eigenvalue weighted by Crippen LogP contribution is -2.31. The predicted molar refractivity (Wildman–Crippen MR) is 51.6 cm³/mol. The normalized spacial score (nSPS) is 11.8. The van der Waals surface area contributed by atoms with E-state index < -0.39 is 0 Å². The Morgan fingerprint density at radius 3 is 3.00 bits per heavy atom. The highest BCUT2D eigenvalue weighted by Gasteiger charge is 2.09. The number of carbonyl (C=O) groups is 1. The first kappa shape index (κ1) is 9.69. The van der Waals surface area contributed by atoms with Crippen molar-refractivity contribution in [2.24, 2.45) is 0 Å². The molecule has 0 bridgehead atoms. The summed E-state index contributed by atoms with van der Waals surface area (Å²) < 4.78 is 0. The maximum Gasteiger partial charge on any atom is 0.268 e. The van der Waals surface area contributed by atoms with E-state index in [4.69, 9.17) is 18.0 Å². The minimum absolute atomic E-state index is 0.252. The van der Waals surface area contributed by atoms with E-state index in [1.807, 2.05) is 0 Å². The Morgan fingerprint density at radius 1 is 1.85 bits per heavy atom. The minimum atomic E-state index is -0.283. The molecule has 1 rings (SSSR count). The van der Waals surface area contributed by atoms with Crippen LogP contribution in [0.5, 0.6) is 0 Å². The van der Waals surface area contributed by atoms with Gasteiger partial charge in [-0.05, 0) is 13.0 Å². The van der Waals surface area contributed by atoms with Gasteiger partial charge in [0, 0.05) is 6.20 Å². The SMILES string of the molecule is C#CC(C)NC(=O)c1cc(Cl)c[nH]1. The van der Waals surface area contributed by atoms with Crippen molar-refractivity contribution in [1.29, 1.82) is 0 Å². The van der Waals surface area contributed by atoms with Crippen LogP contribution in [-0.2, 0) is 0 Å². The summed E-state index contributed by atoms with van der Waals surface area (Å²) in [5.74, 6) is 2.14. The smallest absolute Gasteiger partial charge is 0.268 e. The molecule has 68 valence electrons. The predicted octanol–water partition coefficient (Wildman–Crippen LogP) is 1.42. The molecule has 0 aliphatic heterocycles. The number of terminal acetylenes is 1. The Balaban J connectivity index is 2.65. The topological polar surface area (TPSA) is 44.9 Å². The van der Waals surface area contributed by atoms with E-state index >= 15 is 0 Å². The van der Waals surface area contributed by atoms with Gasteiger partial charge in [0.1, 0.15) is 5.69 Å². The van der Waals surface area contributed by atoms with Crippen molar-refractivity contribution < 1.29 is 4.79 Å². The Kier molecular flexibility index (Phi) is 2.99. The summed E-state index contributed by atoms with van der Waals surface area (Å²) in [6.45, 7) is 1.72. The highest BCUT2D eigenvalue weighted by Crippen LogP contribution is 2.09. The van der Waals surface area contributed by atoms with Gasteiger partial charge >= 0.3 is 0 Å². The molecular weight excluding hydrogens is 188 g/mol. The van der Waals surface area contributed by atoms with Crippen molar-refractivity contribution in [3.8, 4) is 12.3 Å². The van der Waals surface area contributed by atoms with Crippen molar-refractivity contribution in [2.75, 3.05) is 0 Å². The molecule has 1 unspecified atom stereocenters. The zero-order valence-electron chi connectivity index (χ0n) is 7.10. The highest BCUT2D eigenvalue weighted by molar-refractivity contribution is 6.30. The van der Waals surface area contributed by atoms with Gasteiger partial charge in [-0.3, -0.25) is 4.79 Å². The molecule has 13 heavy (non-hydrogen) atoms. The Bertz CT molecular complexity index is 351. The minimum Gasteiger partial charge on any atom is -0.356 e. The largest absolute Gasteiger partial charge is 0.356 e. The van der Waals surface area contributed by atoms with Gasteiger partial charge in [0.2, 0.25) is 0 Å². The number of hydrogen-bond donors (Lipinski definition) is 2. The van der Waals surface area contributed by atoms with Crippen LogP contribution < -0.4 is 5.32 Å². The van der Waals surface area contributed by atoms with Crippen LogP contribution in [0.15, 0.2) is 12.3 Å². The molecule has 0 fully saturated rings. The Hall–Kier alpha value is -1.40. The fourth-order valence-electron chi connectivity index (χ4n) is 0.815. The van der Waals surface area contributed by atoms with Crippen LogP contribution in [0, 0.1) is 12.3 Å². The van der Waals surface area contributed by atoms with E-state index in [0.29, 0.717) is 10.7 Å². The standard InChI is InChI=1S/C9H9ClN2O/c1-3-6(2)12-9(13)8-4-7(10)5-11-8/h1,4-6,11H,2H3,(H,12,13). The van der Waals surface area contributed by atoms with Crippen molar-refractivity contribution in [1.82, 2.24) is 10.3 Å². The van der Waals surface area contributed by atoms with E-state index in [1.54, 1.807) is 13.0 Å². The lowest BCUT2D eigenvalue weighted by molar-refractivity contribution is 0.0944.